The van der Waals surface area contributed by atoms with E-state index in [1.807, 2.05) is 37.3 Å². The van der Waals surface area contributed by atoms with E-state index in [-0.39, 0.29) is 50.1 Å². The van der Waals surface area contributed by atoms with E-state index in [1.54, 1.807) is 0 Å². The molecule has 4 heteroatoms. The maximum atomic E-state index is 12.1. The Morgan fingerprint density at radius 3 is 2.06 bits per heavy atom. The molecule has 0 aromatic heterocycles. The summed E-state index contributed by atoms with van der Waals surface area (Å²) in [6.45, 7) is 7.96. The van der Waals surface area contributed by atoms with Crippen molar-refractivity contribution in [3.8, 4) is 0 Å². The second kappa shape index (κ2) is 9.98. The van der Waals surface area contributed by atoms with E-state index < -0.39 is 0 Å². The monoisotopic (exact) mass is 286 g/mol. The molecule has 0 saturated heterocycles. The van der Waals surface area contributed by atoms with Gasteiger partial charge in [-0.3, -0.25) is 9.69 Å². The van der Waals surface area contributed by atoms with Crippen LogP contribution in [0, 0.1) is 0 Å². The van der Waals surface area contributed by atoms with Crippen molar-refractivity contribution in [2.75, 3.05) is 13.1 Å². The zero-order valence-electron chi connectivity index (χ0n) is 10.7. The molecule has 0 fully saturated rings. The molecule has 0 amide bonds. The third kappa shape index (κ3) is 5.45. The summed E-state index contributed by atoms with van der Waals surface area (Å²) in [7, 11) is 0. The second-order valence-corrected chi connectivity index (χ2v) is 3.63. The fraction of sp³-hybridized carbons (Fsp3) is 0.462. The summed E-state index contributed by atoms with van der Waals surface area (Å²) in [6.07, 6.45) is 0. The summed E-state index contributed by atoms with van der Waals surface area (Å²) in [4.78, 5) is 14.2. The Labute approximate surface area is 129 Å². The van der Waals surface area contributed by atoms with E-state index in [0.717, 1.165) is 18.7 Å². The molecular weight excluding hydrogens is 267 g/mol. The van der Waals surface area contributed by atoms with Crippen LogP contribution in [0.1, 0.15) is 31.1 Å². The molecule has 0 saturated carbocycles. The Kier molecular flexibility index (Phi) is 11.4. The summed E-state index contributed by atoms with van der Waals surface area (Å²) in [6, 6.07) is 9.47. The molecule has 2 nitrogen and oxygen atoms in total. The van der Waals surface area contributed by atoms with Gasteiger partial charge in [-0.2, -0.15) is 0 Å². The van der Waals surface area contributed by atoms with Crippen LogP contribution in [0.5, 0.6) is 0 Å². The van der Waals surface area contributed by atoms with Crippen LogP contribution in [-0.2, 0) is 25.8 Å². The van der Waals surface area contributed by atoms with Crippen molar-refractivity contribution in [3.05, 3.63) is 35.9 Å². The fourth-order valence-corrected chi connectivity index (χ4v) is 1.78. The molecule has 1 aromatic rings. The minimum Gasteiger partial charge on any atom is -0.294 e. The van der Waals surface area contributed by atoms with Gasteiger partial charge in [-0.1, -0.05) is 44.2 Å². The number of ketones is 1. The Morgan fingerprint density at radius 2 is 1.65 bits per heavy atom. The van der Waals surface area contributed by atoms with Gasteiger partial charge in [-0.15, -0.1) is 12.4 Å². The molecule has 1 rings (SSSR count). The minimum absolute atomic E-state index is 0. The zero-order chi connectivity index (χ0) is 11.3. The van der Waals surface area contributed by atoms with Gasteiger partial charge in [0.15, 0.2) is 5.78 Å². The van der Waals surface area contributed by atoms with E-state index >= 15 is 0 Å². The van der Waals surface area contributed by atoms with Crippen molar-refractivity contribution >= 4 is 18.2 Å². The first-order chi connectivity index (χ1) is 7.20. The van der Waals surface area contributed by atoms with Crippen molar-refractivity contribution in [2.45, 2.75) is 26.8 Å². The zero-order valence-corrected chi connectivity index (χ0v) is 13.3. The van der Waals surface area contributed by atoms with Crippen LogP contribution in [0.3, 0.4) is 0 Å². The molecule has 0 N–H and O–H groups in total. The van der Waals surface area contributed by atoms with Gasteiger partial charge < -0.3 is 0 Å². The van der Waals surface area contributed by atoms with Gasteiger partial charge in [0.1, 0.15) is 0 Å². The normalized spacial score (nSPS) is 11.3. The van der Waals surface area contributed by atoms with Crippen LogP contribution in [-0.4, -0.2) is 29.8 Å². The van der Waals surface area contributed by atoms with Crippen LogP contribution in [0.15, 0.2) is 30.3 Å². The number of Topliss-reactive ketones (excluding diaryl/α,β-unsaturated/α-hetero) is 1. The van der Waals surface area contributed by atoms with Gasteiger partial charge in [-0.05, 0) is 20.0 Å². The van der Waals surface area contributed by atoms with E-state index in [9.17, 15) is 4.79 Å². The molecule has 1 unspecified atom stereocenters. The van der Waals surface area contributed by atoms with Crippen LogP contribution in [0.25, 0.3) is 0 Å². The van der Waals surface area contributed by atoms with Crippen molar-refractivity contribution in [3.63, 3.8) is 0 Å². The van der Waals surface area contributed by atoms with Crippen molar-refractivity contribution in [1.82, 2.24) is 4.90 Å². The van der Waals surface area contributed by atoms with E-state index in [0.29, 0.717) is 0 Å². The van der Waals surface area contributed by atoms with E-state index in [4.69, 9.17) is 0 Å². The standard InChI is InChI=1S/C13H19NO.ClH.Sc/c1-4-14(5-2)11(3)13(15)12-9-7-6-8-10-12;;/h6-11H,4-5H2,1-3H3;1H;. The van der Waals surface area contributed by atoms with Gasteiger partial charge in [0.25, 0.3) is 0 Å². The molecule has 0 aliphatic carbocycles. The number of rotatable bonds is 5. The quantitative estimate of drug-likeness (QED) is 0.776. The van der Waals surface area contributed by atoms with Crippen LogP contribution in [0.4, 0.5) is 0 Å². The SMILES string of the molecule is CCN(CC)C(C)C(=O)c1ccccc1.Cl.[Sc]. The first-order valence-electron chi connectivity index (χ1n) is 5.54. The van der Waals surface area contributed by atoms with Crippen molar-refractivity contribution < 1.29 is 30.6 Å². The van der Waals surface area contributed by atoms with Gasteiger partial charge in [-0.25, -0.2) is 0 Å². The number of carbonyl (C=O) groups excluding carboxylic acids is 1. The summed E-state index contributed by atoms with van der Waals surface area (Å²) in [5.41, 5.74) is 0.803. The topological polar surface area (TPSA) is 20.3 Å². The molecule has 0 heterocycles. The summed E-state index contributed by atoms with van der Waals surface area (Å²) < 4.78 is 0. The van der Waals surface area contributed by atoms with Gasteiger partial charge >= 0.3 is 0 Å². The molecule has 17 heavy (non-hydrogen) atoms. The molecule has 0 aliphatic rings. The Bertz CT molecular complexity index is 314. The van der Waals surface area contributed by atoms with Gasteiger partial charge in [0, 0.05) is 31.4 Å². The minimum atomic E-state index is -0.0256. The average Bonchev–Trinajstić information content (AvgIpc) is 2.30. The first kappa shape index (κ1) is 19.4. The third-order valence-electron chi connectivity index (χ3n) is 2.80. The van der Waals surface area contributed by atoms with Crippen LogP contribution >= 0.6 is 12.4 Å². The number of halogens is 1. The second-order valence-electron chi connectivity index (χ2n) is 3.63. The molecule has 0 spiro atoms. The Hall–Kier alpha value is 0.0101. The van der Waals surface area contributed by atoms with Crippen LogP contribution < -0.4 is 0 Å². The maximum Gasteiger partial charge on any atom is 0.179 e. The number of nitrogens with zero attached hydrogens (tertiary/aromatic N) is 1. The molecule has 93 valence electrons. The molecular formula is C13H20ClNOSc. The van der Waals surface area contributed by atoms with Crippen LogP contribution in [0.2, 0.25) is 0 Å². The summed E-state index contributed by atoms with van der Waals surface area (Å²) >= 11 is 0. The molecule has 1 atom stereocenters. The number of carbonyl (C=O) groups is 1. The summed E-state index contributed by atoms with van der Waals surface area (Å²) in [5, 5.41) is 0. The number of hydrogen-bond donors (Lipinski definition) is 0. The van der Waals surface area contributed by atoms with E-state index in [1.165, 1.54) is 0 Å². The molecule has 1 aromatic carbocycles. The largest absolute Gasteiger partial charge is 0.294 e. The Balaban J connectivity index is 0. The first-order valence-corrected chi connectivity index (χ1v) is 5.54. The fourth-order valence-electron chi connectivity index (χ4n) is 1.78. The Morgan fingerprint density at radius 1 is 1.18 bits per heavy atom. The molecule has 1 radical (unpaired) electrons. The van der Waals surface area contributed by atoms with Crippen molar-refractivity contribution in [1.29, 1.82) is 0 Å². The van der Waals surface area contributed by atoms with Gasteiger partial charge in [0.2, 0.25) is 0 Å². The average molecular weight is 287 g/mol. The summed E-state index contributed by atoms with van der Waals surface area (Å²) in [5.74, 6) is 0.208. The van der Waals surface area contributed by atoms with Gasteiger partial charge in [0.05, 0.1) is 6.04 Å². The predicted molar refractivity (Wildman–Crippen MR) is 70.4 cm³/mol. The number of hydrogen-bond acceptors (Lipinski definition) is 2. The third-order valence-corrected chi connectivity index (χ3v) is 2.80. The number of likely N-dealkylation sites (N-methyl/N-ethyl adjacent to an activating group) is 1. The predicted octanol–water partition coefficient (Wildman–Crippen LogP) is 3.02. The maximum absolute atomic E-state index is 12.1. The number of benzene rings is 1. The van der Waals surface area contributed by atoms with E-state index in [2.05, 4.69) is 18.7 Å². The molecule has 0 bridgehead atoms. The smallest absolute Gasteiger partial charge is 0.179 e. The van der Waals surface area contributed by atoms with Crippen molar-refractivity contribution in [2.24, 2.45) is 0 Å². The molecule has 0 aliphatic heterocycles.